The van der Waals surface area contributed by atoms with Crippen molar-refractivity contribution in [2.75, 3.05) is 41.0 Å². The molecule has 0 radical (unpaired) electrons. The maximum absolute atomic E-state index is 14.6. The van der Waals surface area contributed by atoms with Crippen LogP contribution in [0, 0.1) is 13.8 Å². The molecule has 17 heteroatoms. The van der Waals surface area contributed by atoms with Crippen LogP contribution in [0.2, 0.25) is 0 Å². The van der Waals surface area contributed by atoms with Crippen molar-refractivity contribution in [1.82, 2.24) is 36.0 Å². The van der Waals surface area contributed by atoms with Crippen LogP contribution >= 0.6 is 7.26 Å². The predicted molar refractivity (Wildman–Crippen MR) is 340 cm³/mol. The minimum absolute atomic E-state index is 0.0146. The van der Waals surface area contributed by atoms with Crippen LogP contribution in [0.4, 0.5) is 0 Å². The number of aromatic nitrogens is 4. The molecule has 16 nitrogen and oxygen atoms in total. The molecule has 5 heterocycles. The van der Waals surface area contributed by atoms with Crippen LogP contribution in [-0.4, -0.2) is 113 Å². The summed E-state index contributed by atoms with van der Waals surface area (Å²) in [4.78, 5) is 102. The fourth-order valence-electron chi connectivity index (χ4n) is 12.4. The van der Waals surface area contributed by atoms with Crippen LogP contribution < -0.4 is 32.0 Å². The van der Waals surface area contributed by atoms with E-state index in [4.69, 9.17) is 19.4 Å². The number of amides is 3. The predicted octanol–water partition coefficient (Wildman–Crippen LogP) is 10.0. The second-order valence-corrected chi connectivity index (χ2v) is 28.9. The number of nitrogens with zero attached hydrogens (tertiary/aromatic N) is 3. The Morgan fingerprint density at radius 1 is 0.706 bits per heavy atom. The second-order valence-electron chi connectivity index (χ2n) is 24.8. The molecule has 0 unspecified atom stereocenters. The standard InChI is InChI=1S/C68H85N8O8P/c1-14-49-41(2)53-40-58-62(45(6)77)43(4)55(71-58)38-54-42(3)50(64(73-54)51(37-61(80)83-13)65-63(66(81)75-76(10,11)12)44(5)56(74-65)39-57(49)70-53)32-33-59(78)69-35-24-31-52(67(82)84-68(7,8)9)72-60(79)34-36-85(46-25-18-15-19-26-46,47-27-20-16-21-28-47)48-29-22-17-23-30-48/h15-23,25-30,38-42,49-50,52,85H,14,24,31-37H2,1-13H3,(H4-,69,70,71,72,73,74,75,77,78,79,81)/p+1/t41-,42+,49-,50+,52+/m1/s1. The molecule has 0 aliphatic carbocycles. The zero-order valence-electron chi connectivity index (χ0n) is 51.8. The van der Waals surface area contributed by atoms with Gasteiger partial charge >= 0.3 is 245 Å². The van der Waals surface area contributed by atoms with E-state index in [-0.39, 0.29) is 78.1 Å². The summed E-state index contributed by atoms with van der Waals surface area (Å²) in [6, 6.07) is 36.0. The Hall–Kier alpha value is -7.81. The number of fused-ring (bicyclic) bond motifs is 8. The SMILES string of the molecule is CC[C@H]1c2cc3[nH]c(c(CC(=O)OC)c4nc(cc5[nH]c(cc(n2)[C@@H]1C)c(C(C)=O)c5C)[C@@H](C)[C@@H]4CCC(=O)NCCC[C@H](NC(=O)CC[PH](c1ccccc1)(c1ccccc1)c1ccccc1)C(=O)OC(C)(C)C)c(C(=O)N[N+](C)(C)C)c3C. The number of esters is 2. The van der Waals surface area contributed by atoms with Gasteiger partial charge in [-0.25, -0.2) is 4.59 Å². The summed E-state index contributed by atoms with van der Waals surface area (Å²) in [5.74, 6) is -2.77. The van der Waals surface area contributed by atoms with Crippen LogP contribution in [-0.2, 0) is 35.1 Å². The number of benzene rings is 3. The van der Waals surface area contributed by atoms with Gasteiger partial charge in [0.25, 0.3) is 5.91 Å². The van der Waals surface area contributed by atoms with E-state index in [0.29, 0.717) is 74.7 Å². The first-order valence-corrected chi connectivity index (χ1v) is 32.0. The molecule has 8 rings (SSSR count). The van der Waals surface area contributed by atoms with Gasteiger partial charge in [-0.05, 0) is 56.5 Å². The third-order valence-electron chi connectivity index (χ3n) is 16.7. The van der Waals surface area contributed by atoms with Crippen LogP contribution in [0.3, 0.4) is 0 Å². The molecule has 85 heavy (non-hydrogen) atoms. The summed E-state index contributed by atoms with van der Waals surface area (Å²) in [7, 11) is 4.12. The number of carbonyl (C=O) groups excluding carboxylic acids is 6. The zero-order valence-corrected chi connectivity index (χ0v) is 52.8. The molecule has 0 spiro atoms. The van der Waals surface area contributed by atoms with E-state index in [1.54, 1.807) is 27.7 Å². The minimum atomic E-state index is -2.76. The first kappa shape index (κ1) is 63.2. The van der Waals surface area contributed by atoms with E-state index in [2.05, 4.69) is 76.3 Å². The van der Waals surface area contributed by atoms with Gasteiger partial charge in [0.15, 0.2) is 5.78 Å². The molecule has 2 aliphatic rings. The van der Waals surface area contributed by atoms with Gasteiger partial charge in [-0.15, -0.1) is 0 Å². The van der Waals surface area contributed by atoms with Gasteiger partial charge in [-0.3, -0.25) is 24.4 Å². The topological polar surface area (TPSA) is 214 Å². The quantitative estimate of drug-likeness (QED) is 0.0115. The van der Waals surface area contributed by atoms with Crippen molar-refractivity contribution in [3.8, 4) is 0 Å². The smallest absolute Gasteiger partial charge is 0.264 e. The Labute approximate surface area is 500 Å². The van der Waals surface area contributed by atoms with Gasteiger partial charge in [0.2, 0.25) is 0 Å². The fraction of sp³-hybridized carbons (Fsp3) is 0.412. The molecule has 5 atom stereocenters. The monoisotopic (exact) mass is 1170 g/mol. The number of nitrogens with one attached hydrogen (secondary N) is 5. The molecule has 0 fully saturated rings. The average Bonchev–Trinajstić information content (AvgIpc) is 2.24. The van der Waals surface area contributed by atoms with E-state index in [1.165, 1.54) is 23.0 Å². The molecule has 8 bridgehead atoms. The second kappa shape index (κ2) is 26.6. The first-order valence-electron chi connectivity index (χ1n) is 29.8. The van der Waals surface area contributed by atoms with Crippen molar-refractivity contribution in [2.45, 2.75) is 143 Å². The molecular weight excluding hydrogens is 1090 g/mol. The van der Waals surface area contributed by atoms with Crippen molar-refractivity contribution in [3.63, 3.8) is 0 Å². The summed E-state index contributed by atoms with van der Waals surface area (Å²) in [5, 5.41) is 9.64. The summed E-state index contributed by atoms with van der Waals surface area (Å²) >= 11 is 0. The van der Waals surface area contributed by atoms with E-state index in [0.717, 1.165) is 23.4 Å². The normalized spacial score (nSPS) is 16.7. The van der Waals surface area contributed by atoms with Crippen molar-refractivity contribution >= 4 is 80.7 Å². The van der Waals surface area contributed by atoms with Crippen molar-refractivity contribution in [3.05, 3.63) is 160 Å². The van der Waals surface area contributed by atoms with Crippen LogP contribution in [0.1, 0.15) is 171 Å². The molecule has 0 saturated carbocycles. The number of hydrogen-bond donors (Lipinski definition) is 5. The molecule has 3 aromatic heterocycles. The van der Waals surface area contributed by atoms with E-state index in [9.17, 15) is 28.8 Å². The maximum atomic E-state index is 14.6. The Kier molecular flexibility index (Phi) is 19.8. The number of hydrogen-bond acceptors (Lipinski definition) is 10. The summed E-state index contributed by atoms with van der Waals surface area (Å²) in [5.41, 5.74) is 10.3. The van der Waals surface area contributed by atoms with Crippen molar-refractivity contribution in [2.24, 2.45) is 0 Å². The Bertz CT molecular complexity index is 3530. The Balaban J connectivity index is 1.10. The fourth-order valence-corrected chi connectivity index (χ4v) is 17.2. The number of Topliss-reactive ketones (excluding diaryl/α,β-unsaturated/α-hetero) is 1. The third kappa shape index (κ3) is 14.5. The number of aryl methyl sites for hydroxylation is 2. The molecule has 450 valence electrons. The van der Waals surface area contributed by atoms with Gasteiger partial charge in [0.1, 0.15) is 0 Å². The summed E-state index contributed by atoms with van der Waals surface area (Å²) in [6.45, 7) is 17.2. The van der Waals surface area contributed by atoms with Crippen molar-refractivity contribution in [1.29, 1.82) is 0 Å². The van der Waals surface area contributed by atoms with E-state index in [1.807, 2.05) is 115 Å². The summed E-state index contributed by atoms with van der Waals surface area (Å²) in [6.07, 6.45) is 2.19. The molecule has 2 aliphatic heterocycles. The Morgan fingerprint density at radius 2 is 1.25 bits per heavy atom. The van der Waals surface area contributed by atoms with E-state index < -0.39 is 36.8 Å². The van der Waals surface area contributed by atoms with Gasteiger partial charge < -0.3 is 14.7 Å². The Morgan fingerprint density at radius 3 is 1.80 bits per heavy atom. The first-order chi connectivity index (χ1) is 40.3. The summed E-state index contributed by atoms with van der Waals surface area (Å²) < 4.78 is 11.3. The van der Waals surface area contributed by atoms with Gasteiger partial charge in [0, 0.05) is 62.9 Å². The molecule has 6 aromatic rings. The number of ketones is 1. The number of rotatable bonds is 21. The number of methoxy groups -OCH3 is 1. The number of H-pyrrole nitrogens is 2. The number of carbonyl (C=O) groups is 6. The molecule has 0 saturated heterocycles. The average molecular weight is 1170 g/mol. The molecule has 5 N–H and O–H groups in total. The number of quaternary nitrogens is 1. The van der Waals surface area contributed by atoms with Crippen LogP contribution in [0.25, 0.3) is 22.1 Å². The minimum Gasteiger partial charge on any atom is -0.264 e. The number of aromatic amines is 2. The van der Waals surface area contributed by atoms with Gasteiger partial charge in [-0.2, -0.15) is 5.43 Å². The van der Waals surface area contributed by atoms with E-state index >= 15 is 0 Å². The zero-order chi connectivity index (χ0) is 61.5. The van der Waals surface area contributed by atoms with Gasteiger partial charge in [-0.1, -0.05) is 20.8 Å². The largest absolute Gasteiger partial charge is 0.298 e. The maximum Gasteiger partial charge on any atom is 0.298 e. The molecule has 3 amide bonds. The van der Waals surface area contributed by atoms with Crippen LogP contribution in [0.5, 0.6) is 0 Å². The van der Waals surface area contributed by atoms with Crippen LogP contribution in [0.15, 0.2) is 109 Å². The molecule has 3 aromatic carbocycles. The van der Waals surface area contributed by atoms with Gasteiger partial charge in [0.05, 0.1) is 57.0 Å². The molecular formula is C68H86N8O8P+. The van der Waals surface area contributed by atoms with Crippen molar-refractivity contribution < 1.29 is 42.8 Å². The number of ether oxygens (including phenoxy) is 2. The third-order valence-corrected chi connectivity index (χ3v) is 21.7.